The number of allylic oxidation sites excluding steroid dienone is 1. The summed E-state index contributed by atoms with van der Waals surface area (Å²) in [5.41, 5.74) is -0.963. The summed E-state index contributed by atoms with van der Waals surface area (Å²) in [5, 5.41) is 9.36. The number of Topliss-reactive ketones (excluding diaryl/α,β-unsaturated/α-hetero) is 1. The lowest BCUT2D eigenvalue weighted by Crippen LogP contribution is -2.54. The number of carbonyl (C=O) groups is 3. The lowest BCUT2D eigenvalue weighted by molar-refractivity contribution is -0.137. The molecule has 9 nitrogen and oxygen atoms in total. The average Bonchev–Trinajstić information content (AvgIpc) is 2.88. The number of likely N-dealkylation sites (N-methyl/N-ethyl adjacent to an activating group) is 1. The Morgan fingerprint density at radius 1 is 1.12 bits per heavy atom. The zero-order valence-corrected chi connectivity index (χ0v) is 22.6. The molecule has 0 bridgehead atoms. The number of halogens is 3. The largest absolute Gasteiger partial charge is 0.416 e. The SMILES string of the molecule is CN(C)C(=O)CN1C(=O)N(c2cccc(C(F)(F)F)c2)C2=C(C(=O)CCC2)C1c1ccc(C#N)cc1S(C)(=O)=O. The predicted molar refractivity (Wildman–Crippen MR) is 138 cm³/mol. The number of carbonyl (C=O) groups excluding carboxylic acids is 3. The van der Waals surface area contributed by atoms with E-state index in [9.17, 15) is 41.2 Å². The Morgan fingerprint density at radius 2 is 1.82 bits per heavy atom. The summed E-state index contributed by atoms with van der Waals surface area (Å²) in [4.78, 5) is 43.4. The number of hydrogen-bond donors (Lipinski definition) is 0. The zero-order valence-electron chi connectivity index (χ0n) is 21.8. The van der Waals surface area contributed by atoms with Gasteiger partial charge in [-0.15, -0.1) is 0 Å². The van der Waals surface area contributed by atoms with Gasteiger partial charge in [-0.1, -0.05) is 12.1 Å². The Hall–Kier alpha value is -4.18. The van der Waals surface area contributed by atoms with Gasteiger partial charge in [0.1, 0.15) is 6.54 Å². The third-order valence-corrected chi connectivity index (χ3v) is 7.95. The smallest absolute Gasteiger partial charge is 0.347 e. The van der Waals surface area contributed by atoms with Crippen LogP contribution in [0.5, 0.6) is 0 Å². The second kappa shape index (κ2) is 10.4. The van der Waals surface area contributed by atoms with E-state index in [2.05, 4.69) is 0 Å². The van der Waals surface area contributed by atoms with Gasteiger partial charge in [-0.3, -0.25) is 14.5 Å². The van der Waals surface area contributed by atoms with Gasteiger partial charge in [0.25, 0.3) is 0 Å². The number of nitriles is 1. The minimum Gasteiger partial charge on any atom is -0.347 e. The lowest BCUT2D eigenvalue weighted by atomic mass is 9.83. The topological polar surface area (TPSA) is 119 Å². The molecule has 0 radical (unpaired) electrons. The standard InChI is InChI=1S/C27H25F3N4O5S/c1-32(2)23(36)15-33-25(19-11-10-16(14-31)12-22(19)40(3,38)39)24-20(8-5-9-21(24)35)34(26(33)37)18-7-4-6-17(13-18)27(28,29)30/h4,6-7,10-13,25H,5,8-9,15H2,1-3H3. The van der Waals surface area contributed by atoms with Crippen LogP contribution in [0.1, 0.15) is 42.0 Å². The van der Waals surface area contributed by atoms with Gasteiger partial charge in [0, 0.05) is 38.0 Å². The van der Waals surface area contributed by atoms with Crippen molar-refractivity contribution in [2.24, 2.45) is 0 Å². The molecule has 40 heavy (non-hydrogen) atoms. The lowest BCUT2D eigenvalue weighted by Gasteiger charge is -2.45. The van der Waals surface area contributed by atoms with Gasteiger partial charge in [-0.2, -0.15) is 18.4 Å². The van der Waals surface area contributed by atoms with Crippen LogP contribution in [0.25, 0.3) is 0 Å². The van der Waals surface area contributed by atoms with Gasteiger partial charge >= 0.3 is 12.2 Å². The summed E-state index contributed by atoms with van der Waals surface area (Å²) < 4.78 is 66.3. The maximum atomic E-state index is 14.1. The Labute approximate surface area is 229 Å². The molecule has 1 aliphatic heterocycles. The molecule has 1 heterocycles. The van der Waals surface area contributed by atoms with Crippen molar-refractivity contribution in [3.8, 4) is 6.07 Å². The third kappa shape index (κ3) is 5.31. The highest BCUT2D eigenvalue weighted by atomic mass is 32.2. The van der Waals surface area contributed by atoms with Crippen LogP contribution in [0, 0.1) is 11.3 Å². The van der Waals surface area contributed by atoms with Crippen LogP contribution >= 0.6 is 0 Å². The number of hydrogen-bond acceptors (Lipinski definition) is 6. The van der Waals surface area contributed by atoms with Crippen LogP contribution in [-0.4, -0.2) is 62.8 Å². The summed E-state index contributed by atoms with van der Waals surface area (Å²) in [6.07, 6.45) is -3.26. The first-order chi connectivity index (χ1) is 18.6. The molecule has 2 aromatic rings. The summed E-state index contributed by atoms with van der Waals surface area (Å²) in [6, 6.07) is 7.51. The van der Waals surface area contributed by atoms with Crippen LogP contribution in [0.4, 0.5) is 23.7 Å². The van der Waals surface area contributed by atoms with Crippen molar-refractivity contribution in [3.05, 3.63) is 70.4 Å². The Morgan fingerprint density at radius 3 is 2.42 bits per heavy atom. The van der Waals surface area contributed by atoms with Crippen molar-refractivity contribution in [2.75, 3.05) is 31.8 Å². The molecule has 0 N–H and O–H groups in total. The van der Waals surface area contributed by atoms with Crippen molar-refractivity contribution in [3.63, 3.8) is 0 Å². The first-order valence-corrected chi connectivity index (χ1v) is 14.0. The number of benzene rings is 2. The molecule has 4 rings (SSSR count). The van der Waals surface area contributed by atoms with Crippen molar-refractivity contribution in [2.45, 2.75) is 36.4 Å². The summed E-state index contributed by atoms with van der Waals surface area (Å²) in [5.74, 6) is -0.994. The monoisotopic (exact) mass is 574 g/mol. The van der Waals surface area contributed by atoms with Gasteiger partial charge in [0.2, 0.25) is 5.91 Å². The number of sulfone groups is 1. The quantitative estimate of drug-likeness (QED) is 0.532. The number of urea groups is 1. The molecule has 210 valence electrons. The summed E-state index contributed by atoms with van der Waals surface area (Å²) >= 11 is 0. The number of ketones is 1. The molecule has 3 amide bonds. The molecule has 13 heteroatoms. The fourth-order valence-electron chi connectivity index (χ4n) is 4.91. The van der Waals surface area contributed by atoms with E-state index in [0.29, 0.717) is 6.42 Å². The van der Waals surface area contributed by atoms with Crippen molar-refractivity contribution in [1.82, 2.24) is 9.80 Å². The molecule has 1 aliphatic carbocycles. The molecule has 0 aromatic heterocycles. The first-order valence-electron chi connectivity index (χ1n) is 12.1. The van der Waals surface area contributed by atoms with E-state index in [1.807, 2.05) is 6.07 Å². The maximum absolute atomic E-state index is 14.1. The Bertz CT molecular complexity index is 1590. The highest BCUT2D eigenvalue weighted by Gasteiger charge is 2.47. The van der Waals surface area contributed by atoms with Gasteiger partial charge in [-0.05, 0) is 48.7 Å². The molecule has 2 aromatic carbocycles. The maximum Gasteiger partial charge on any atom is 0.416 e. The highest BCUT2D eigenvalue weighted by molar-refractivity contribution is 7.90. The minimum atomic E-state index is -4.70. The number of alkyl halides is 3. The summed E-state index contributed by atoms with van der Waals surface area (Å²) in [7, 11) is -1.12. The van der Waals surface area contributed by atoms with E-state index in [0.717, 1.165) is 40.3 Å². The molecule has 2 aliphatic rings. The highest BCUT2D eigenvalue weighted by Crippen LogP contribution is 2.46. The molecule has 1 unspecified atom stereocenters. The van der Waals surface area contributed by atoms with Crippen LogP contribution in [0.3, 0.4) is 0 Å². The first kappa shape index (κ1) is 28.8. The number of amides is 3. The van der Waals surface area contributed by atoms with Gasteiger partial charge < -0.3 is 9.80 Å². The van der Waals surface area contributed by atoms with E-state index >= 15 is 0 Å². The van der Waals surface area contributed by atoms with Crippen LogP contribution in [0.2, 0.25) is 0 Å². The van der Waals surface area contributed by atoms with E-state index in [1.165, 1.54) is 37.2 Å². The fourth-order valence-corrected chi connectivity index (χ4v) is 5.86. The number of nitrogens with zero attached hydrogens (tertiary/aromatic N) is 4. The van der Waals surface area contributed by atoms with E-state index in [1.54, 1.807) is 0 Å². The van der Waals surface area contributed by atoms with Gasteiger partial charge in [-0.25, -0.2) is 13.2 Å². The second-order valence-electron chi connectivity index (χ2n) is 9.76. The third-order valence-electron chi connectivity index (χ3n) is 6.79. The Balaban J connectivity index is 2.05. The molecule has 0 saturated carbocycles. The van der Waals surface area contributed by atoms with Crippen molar-refractivity contribution < 1.29 is 36.0 Å². The van der Waals surface area contributed by atoms with Crippen molar-refractivity contribution >= 4 is 33.2 Å². The predicted octanol–water partition coefficient (Wildman–Crippen LogP) is 4.06. The average molecular weight is 575 g/mol. The van der Waals surface area contributed by atoms with E-state index in [-0.39, 0.29) is 45.8 Å². The van der Waals surface area contributed by atoms with Gasteiger partial charge in [0.15, 0.2) is 15.6 Å². The summed E-state index contributed by atoms with van der Waals surface area (Å²) in [6.45, 7) is -0.598. The Kier molecular flexibility index (Phi) is 7.51. The van der Waals surface area contributed by atoms with Crippen molar-refractivity contribution in [1.29, 1.82) is 5.26 Å². The fraction of sp³-hybridized carbons (Fsp3) is 0.333. The van der Waals surface area contributed by atoms with Crippen LogP contribution < -0.4 is 4.90 Å². The minimum absolute atomic E-state index is 0.00727. The molecule has 0 saturated heterocycles. The molecule has 1 atom stereocenters. The normalized spacial score (nSPS) is 18.0. The second-order valence-corrected chi connectivity index (χ2v) is 11.7. The van der Waals surface area contributed by atoms with E-state index < -0.39 is 51.9 Å². The molecule has 0 spiro atoms. The number of rotatable bonds is 5. The molecular formula is C27H25F3N4O5S. The molecular weight excluding hydrogens is 549 g/mol. The van der Waals surface area contributed by atoms with Crippen LogP contribution in [-0.2, 0) is 25.6 Å². The molecule has 0 fully saturated rings. The van der Waals surface area contributed by atoms with Gasteiger partial charge in [0.05, 0.1) is 33.8 Å². The van der Waals surface area contributed by atoms with E-state index in [4.69, 9.17) is 0 Å². The number of anilines is 1. The zero-order chi connectivity index (χ0) is 29.6. The van der Waals surface area contributed by atoms with Crippen LogP contribution in [0.15, 0.2) is 58.6 Å².